The van der Waals surface area contributed by atoms with E-state index < -0.39 is 0 Å². The second-order valence-electron chi connectivity index (χ2n) is 6.51. The largest absolute Gasteiger partial charge is 0.379 e. The van der Waals surface area contributed by atoms with Gasteiger partial charge < -0.3 is 15.0 Å². The Morgan fingerprint density at radius 2 is 2.04 bits per heavy atom. The van der Waals surface area contributed by atoms with Crippen LogP contribution in [0.5, 0.6) is 0 Å². The molecule has 1 fully saturated rings. The summed E-state index contributed by atoms with van der Waals surface area (Å²) in [5, 5.41) is 3.51. The molecular formula is C18H37IN4O. The fourth-order valence-corrected chi connectivity index (χ4v) is 2.86. The van der Waals surface area contributed by atoms with E-state index in [4.69, 9.17) is 4.74 Å². The number of aliphatic imine (C=N–C) groups is 1. The number of hydrogen-bond donors (Lipinski definition) is 1. The number of ether oxygens (including phenoxy) is 1. The predicted octanol–water partition coefficient (Wildman–Crippen LogP) is 2.83. The molecule has 1 N–H and O–H groups in total. The summed E-state index contributed by atoms with van der Waals surface area (Å²) in [5.74, 6) is 1.60. The summed E-state index contributed by atoms with van der Waals surface area (Å²) in [4.78, 5) is 9.12. The van der Waals surface area contributed by atoms with Crippen molar-refractivity contribution in [3.63, 3.8) is 0 Å². The van der Waals surface area contributed by atoms with E-state index in [-0.39, 0.29) is 24.0 Å². The van der Waals surface area contributed by atoms with Gasteiger partial charge in [0.25, 0.3) is 0 Å². The van der Waals surface area contributed by atoms with Crippen molar-refractivity contribution in [2.24, 2.45) is 10.9 Å². The van der Waals surface area contributed by atoms with Crippen LogP contribution < -0.4 is 5.32 Å². The highest BCUT2D eigenvalue weighted by Gasteiger charge is 2.14. The summed E-state index contributed by atoms with van der Waals surface area (Å²) in [5.41, 5.74) is 0. The minimum Gasteiger partial charge on any atom is -0.379 e. The van der Waals surface area contributed by atoms with E-state index in [9.17, 15) is 0 Å². The molecule has 0 saturated carbocycles. The maximum Gasteiger partial charge on any atom is 0.193 e. The summed E-state index contributed by atoms with van der Waals surface area (Å²) in [7, 11) is 3.98. The molecule has 6 heteroatoms. The minimum atomic E-state index is 0. The molecule has 0 aromatic heterocycles. The van der Waals surface area contributed by atoms with Gasteiger partial charge in [-0.05, 0) is 25.2 Å². The van der Waals surface area contributed by atoms with Crippen LogP contribution in [0.15, 0.2) is 17.6 Å². The van der Waals surface area contributed by atoms with Gasteiger partial charge in [-0.3, -0.25) is 9.89 Å². The first-order valence-corrected chi connectivity index (χ1v) is 9.00. The molecule has 24 heavy (non-hydrogen) atoms. The average molecular weight is 452 g/mol. The second kappa shape index (κ2) is 15.0. The summed E-state index contributed by atoms with van der Waals surface area (Å²) < 4.78 is 5.40. The minimum absolute atomic E-state index is 0. The SMILES string of the molecule is C=CCCCCCN(C)C(=NC)NCC(C)CN1CCOCC1.I. The Labute approximate surface area is 165 Å². The Hall–Kier alpha value is -0.340. The van der Waals surface area contributed by atoms with E-state index in [0.29, 0.717) is 5.92 Å². The number of unbranched alkanes of at least 4 members (excludes halogenated alkanes) is 3. The summed E-state index contributed by atoms with van der Waals surface area (Å²) >= 11 is 0. The Morgan fingerprint density at radius 3 is 2.67 bits per heavy atom. The van der Waals surface area contributed by atoms with Crippen LogP contribution in [0.2, 0.25) is 0 Å². The zero-order valence-corrected chi connectivity index (χ0v) is 18.1. The third-order valence-electron chi connectivity index (χ3n) is 4.26. The van der Waals surface area contributed by atoms with Crippen molar-refractivity contribution in [3.8, 4) is 0 Å². The van der Waals surface area contributed by atoms with E-state index >= 15 is 0 Å². The van der Waals surface area contributed by atoms with Crippen LogP contribution in [-0.2, 0) is 4.74 Å². The summed E-state index contributed by atoms with van der Waals surface area (Å²) in [6, 6.07) is 0. The Balaban J connectivity index is 0.00000529. The molecule has 1 aliphatic rings. The zero-order valence-electron chi connectivity index (χ0n) is 15.8. The molecule has 1 saturated heterocycles. The molecule has 0 bridgehead atoms. The van der Waals surface area contributed by atoms with Gasteiger partial charge in [0.15, 0.2) is 5.96 Å². The first kappa shape index (κ1) is 23.7. The summed E-state index contributed by atoms with van der Waals surface area (Å²) in [6.07, 6.45) is 6.81. The third-order valence-corrected chi connectivity index (χ3v) is 4.26. The smallest absolute Gasteiger partial charge is 0.193 e. The molecule has 0 radical (unpaired) electrons. The van der Waals surface area contributed by atoms with Crippen molar-refractivity contribution in [2.75, 3.05) is 60.0 Å². The molecule has 142 valence electrons. The van der Waals surface area contributed by atoms with Crippen molar-refractivity contribution >= 4 is 29.9 Å². The molecule has 0 amide bonds. The highest BCUT2D eigenvalue weighted by atomic mass is 127. The van der Waals surface area contributed by atoms with E-state index in [1.54, 1.807) is 0 Å². The lowest BCUT2D eigenvalue weighted by Gasteiger charge is -2.30. The van der Waals surface area contributed by atoms with Crippen molar-refractivity contribution in [1.82, 2.24) is 15.1 Å². The van der Waals surface area contributed by atoms with Crippen molar-refractivity contribution in [3.05, 3.63) is 12.7 Å². The normalized spacial score (nSPS) is 17.0. The van der Waals surface area contributed by atoms with Gasteiger partial charge in [0.1, 0.15) is 0 Å². The number of guanidine groups is 1. The molecule has 0 aliphatic carbocycles. The predicted molar refractivity (Wildman–Crippen MR) is 114 cm³/mol. The first-order chi connectivity index (χ1) is 11.2. The molecule has 1 heterocycles. The number of nitrogens with zero attached hydrogens (tertiary/aromatic N) is 3. The van der Waals surface area contributed by atoms with Gasteiger partial charge in [0.2, 0.25) is 0 Å². The number of morpholine rings is 1. The standard InChI is InChI=1S/C18H36N4O.HI/c1-5-6-7-8-9-10-21(4)18(19-3)20-15-17(2)16-22-11-13-23-14-12-22;/h5,17H,1,6-16H2,2-4H3,(H,19,20);1H. The number of nitrogens with one attached hydrogen (secondary N) is 1. The fourth-order valence-electron chi connectivity index (χ4n) is 2.86. The molecule has 0 spiro atoms. The number of allylic oxidation sites excluding steroid dienone is 1. The maximum absolute atomic E-state index is 5.40. The number of hydrogen-bond acceptors (Lipinski definition) is 3. The number of rotatable bonds is 10. The Kier molecular flexibility index (Phi) is 14.7. The summed E-state index contributed by atoms with van der Waals surface area (Å²) in [6.45, 7) is 13.1. The monoisotopic (exact) mass is 452 g/mol. The van der Waals surface area contributed by atoms with Crippen LogP contribution in [0.3, 0.4) is 0 Å². The molecule has 1 unspecified atom stereocenters. The lowest BCUT2D eigenvalue weighted by molar-refractivity contribution is 0.0320. The average Bonchev–Trinajstić information content (AvgIpc) is 2.56. The topological polar surface area (TPSA) is 40.1 Å². The highest BCUT2D eigenvalue weighted by molar-refractivity contribution is 14.0. The molecule has 1 rings (SSSR count). The van der Waals surface area contributed by atoms with E-state index in [2.05, 4.69) is 40.7 Å². The molecule has 1 atom stereocenters. The molecular weight excluding hydrogens is 415 g/mol. The first-order valence-electron chi connectivity index (χ1n) is 9.00. The van der Waals surface area contributed by atoms with Crippen LogP contribution in [0.1, 0.15) is 32.6 Å². The lowest BCUT2D eigenvalue weighted by atomic mass is 10.1. The van der Waals surface area contributed by atoms with E-state index in [1.807, 2.05) is 13.1 Å². The quantitative estimate of drug-likeness (QED) is 0.182. The van der Waals surface area contributed by atoms with Crippen LogP contribution in [0.4, 0.5) is 0 Å². The highest BCUT2D eigenvalue weighted by Crippen LogP contribution is 2.04. The maximum atomic E-state index is 5.40. The van der Waals surface area contributed by atoms with Crippen LogP contribution >= 0.6 is 24.0 Å². The van der Waals surface area contributed by atoms with Gasteiger partial charge in [-0.15, -0.1) is 30.6 Å². The molecule has 5 nitrogen and oxygen atoms in total. The van der Waals surface area contributed by atoms with Crippen LogP contribution in [0.25, 0.3) is 0 Å². The van der Waals surface area contributed by atoms with Crippen LogP contribution in [-0.4, -0.2) is 75.8 Å². The van der Waals surface area contributed by atoms with Crippen molar-refractivity contribution in [1.29, 1.82) is 0 Å². The van der Waals surface area contributed by atoms with Gasteiger partial charge in [-0.1, -0.05) is 19.4 Å². The molecule has 0 aromatic carbocycles. The second-order valence-corrected chi connectivity index (χ2v) is 6.51. The van der Waals surface area contributed by atoms with Gasteiger partial charge in [0.05, 0.1) is 13.2 Å². The molecule has 0 aromatic rings. The van der Waals surface area contributed by atoms with Gasteiger partial charge in [0, 0.05) is 46.8 Å². The Bertz CT molecular complexity index is 346. The van der Waals surface area contributed by atoms with Crippen molar-refractivity contribution < 1.29 is 4.74 Å². The zero-order chi connectivity index (χ0) is 16.9. The van der Waals surface area contributed by atoms with Gasteiger partial charge in [-0.2, -0.15) is 0 Å². The van der Waals surface area contributed by atoms with Crippen LogP contribution in [0, 0.1) is 5.92 Å². The van der Waals surface area contributed by atoms with Crippen molar-refractivity contribution in [2.45, 2.75) is 32.6 Å². The van der Waals surface area contributed by atoms with Gasteiger partial charge >= 0.3 is 0 Å². The fraction of sp³-hybridized carbons (Fsp3) is 0.833. The van der Waals surface area contributed by atoms with Gasteiger partial charge in [-0.25, -0.2) is 0 Å². The number of halogens is 1. The van der Waals surface area contributed by atoms with E-state index in [1.165, 1.54) is 19.3 Å². The van der Waals surface area contributed by atoms with E-state index in [0.717, 1.165) is 58.3 Å². The third kappa shape index (κ3) is 10.5. The Morgan fingerprint density at radius 1 is 1.33 bits per heavy atom. The molecule has 1 aliphatic heterocycles. The lowest BCUT2D eigenvalue weighted by Crippen LogP contribution is -2.44.